The SMILES string of the molecule is CCCCCCCCCCCCCCCCCC[N+](C)(C)CCCCOc1ccc(C(=O)c2ccccc2)cc1.[Br-]. The van der Waals surface area contributed by atoms with Gasteiger partial charge in [-0.3, -0.25) is 4.79 Å². The van der Waals surface area contributed by atoms with Crippen LogP contribution < -0.4 is 21.7 Å². The van der Waals surface area contributed by atoms with E-state index < -0.39 is 0 Å². The smallest absolute Gasteiger partial charge is 0.193 e. The molecule has 0 aliphatic carbocycles. The lowest BCUT2D eigenvalue weighted by Gasteiger charge is -2.30. The quantitative estimate of drug-likeness (QED) is 0.0649. The van der Waals surface area contributed by atoms with Crippen LogP contribution in [0.2, 0.25) is 0 Å². The Labute approximate surface area is 263 Å². The van der Waals surface area contributed by atoms with Crippen molar-refractivity contribution in [2.45, 2.75) is 122 Å². The van der Waals surface area contributed by atoms with E-state index in [1.54, 1.807) is 0 Å². The molecule has 0 bridgehead atoms. The molecule has 2 aromatic carbocycles. The van der Waals surface area contributed by atoms with Crippen molar-refractivity contribution in [1.29, 1.82) is 0 Å². The number of ether oxygens (including phenoxy) is 1. The minimum atomic E-state index is 0. The van der Waals surface area contributed by atoms with E-state index in [2.05, 4.69) is 21.0 Å². The summed E-state index contributed by atoms with van der Waals surface area (Å²) in [5.41, 5.74) is 1.42. The van der Waals surface area contributed by atoms with Crippen LogP contribution in [0.3, 0.4) is 0 Å². The summed E-state index contributed by atoms with van der Waals surface area (Å²) in [6, 6.07) is 17.0. The van der Waals surface area contributed by atoms with Crippen molar-refractivity contribution >= 4 is 5.78 Å². The Hall–Kier alpha value is -1.65. The van der Waals surface area contributed by atoms with Gasteiger partial charge in [0.25, 0.3) is 0 Å². The van der Waals surface area contributed by atoms with Gasteiger partial charge in [0, 0.05) is 11.1 Å². The maximum Gasteiger partial charge on any atom is 0.193 e. The average molecular weight is 631 g/mol. The molecule has 3 nitrogen and oxygen atoms in total. The van der Waals surface area contributed by atoms with Gasteiger partial charge in [0.05, 0.1) is 33.8 Å². The first-order chi connectivity index (χ1) is 19.5. The van der Waals surface area contributed by atoms with Crippen molar-refractivity contribution in [2.75, 3.05) is 33.8 Å². The summed E-state index contributed by atoms with van der Waals surface area (Å²) in [7, 11) is 4.74. The van der Waals surface area contributed by atoms with Crippen LogP contribution in [0.5, 0.6) is 5.75 Å². The summed E-state index contributed by atoms with van der Waals surface area (Å²) in [6.07, 6.45) is 25.1. The first kappa shape index (κ1) is 37.4. The monoisotopic (exact) mass is 629 g/mol. The number of hydrogen-bond donors (Lipinski definition) is 0. The zero-order chi connectivity index (χ0) is 28.7. The van der Waals surface area contributed by atoms with Crippen LogP contribution in [0.25, 0.3) is 0 Å². The molecular formula is C37H60BrNO2. The summed E-state index contributed by atoms with van der Waals surface area (Å²) in [6.45, 7) is 5.50. The standard InChI is InChI=1S/C37H60NO2.BrH/c1-4-5-6-7-8-9-10-11-12-13-14-15-16-17-18-22-31-38(2,3)32-23-24-33-40-36-29-27-35(28-30-36)37(39)34-25-20-19-21-26-34;/h19-21,25-30H,4-18,22-24,31-33H2,1-3H3;1H/q+1;/p-1. The number of carbonyl (C=O) groups excluding carboxylic acids is 1. The predicted octanol–water partition coefficient (Wildman–Crippen LogP) is 7.42. The van der Waals surface area contributed by atoms with Crippen LogP contribution in [0.1, 0.15) is 138 Å². The molecule has 0 unspecified atom stereocenters. The Morgan fingerprint density at radius 2 is 0.976 bits per heavy atom. The molecule has 0 aliphatic rings. The highest BCUT2D eigenvalue weighted by molar-refractivity contribution is 6.08. The van der Waals surface area contributed by atoms with Gasteiger partial charge in [-0.25, -0.2) is 0 Å². The van der Waals surface area contributed by atoms with Crippen LogP contribution in [-0.2, 0) is 0 Å². The lowest BCUT2D eigenvalue weighted by molar-refractivity contribution is -0.890. The van der Waals surface area contributed by atoms with E-state index in [-0.39, 0.29) is 22.8 Å². The second kappa shape index (κ2) is 23.9. The zero-order valence-electron chi connectivity index (χ0n) is 26.7. The van der Waals surface area contributed by atoms with Gasteiger partial charge in [-0.2, -0.15) is 0 Å². The Balaban J connectivity index is 0.00000840. The number of quaternary nitrogens is 1. The van der Waals surface area contributed by atoms with Crippen LogP contribution in [-0.4, -0.2) is 44.1 Å². The molecule has 0 spiro atoms. The normalized spacial score (nSPS) is 11.3. The van der Waals surface area contributed by atoms with Gasteiger partial charge in [0.1, 0.15) is 5.75 Å². The highest BCUT2D eigenvalue weighted by atomic mass is 79.9. The molecule has 0 amide bonds. The summed E-state index contributed by atoms with van der Waals surface area (Å²) >= 11 is 0. The van der Waals surface area contributed by atoms with E-state index in [1.807, 2.05) is 54.6 Å². The minimum Gasteiger partial charge on any atom is -1.00 e. The predicted molar refractivity (Wildman–Crippen MR) is 172 cm³/mol. The highest BCUT2D eigenvalue weighted by Gasteiger charge is 2.14. The molecule has 0 fully saturated rings. The van der Waals surface area contributed by atoms with Gasteiger partial charge >= 0.3 is 0 Å². The number of rotatable bonds is 25. The fourth-order valence-corrected chi connectivity index (χ4v) is 5.49. The molecule has 0 radical (unpaired) electrons. The van der Waals surface area contributed by atoms with E-state index >= 15 is 0 Å². The van der Waals surface area contributed by atoms with Crippen molar-refractivity contribution in [2.24, 2.45) is 0 Å². The summed E-state index contributed by atoms with van der Waals surface area (Å²) in [5, 5.41) is 0. The maximum atomic E-state index is 12.5. The molecule has 232 valence electrons. The third kappa shape index (κ3) is 18.5. The molecule has 41 heavy (non-hydrogen) atoms. The van der Waals surface area contributed by atoms with Crippen molar-refractivity contribution in [1.82, 2.24) is 0 Å². The number of ketones is 1. The maximum absolute atomic E-state index is 12.5. The van der Waals surface area contributed by atoms with Gasteiger partial charge in [0.15, 0.2) is 5.78 Å². The van der Waals surface area contributed by atoms with Crippen LogP contribution in [0, 0.1) is 0 Å². The third-order valence-electron chi connectivity index (χ3n) is 8.20. The Bertz CT molecular complexity index is 882. The number of nitrogens with zero attached hydrogens (tertiary/aromatic N) is 1. The van der Waals surface area contributed by atoms with Gasteiger partial charge in [-0.1, -0.05) is 127 Å². The third-order valence-corrected chi connectivity index (χ3v) is 8.20. The van der Waals surface area contributed by atoms with Crippen LogP contribution in [0.4, 0.5) is 0 Å². The molecule has 4 heteroatoms. The molecule has 2 aromatic rings. The van der Waals surface area contributed by atoms with E-state index in [0.29, 0.717) is 5.56 Å². The first-order valence-corrected chi connectivity index (χ1v) is 16.7. The molecule has 0 heterocycles. The molecular weight excluding hydrogens is 570 g/mol. The molecule has 0 atom stereocenters. The molecule has 2 rings (SSSR count). The van der Waals surface area contributed by atoms with Gasteiger partial charge in [-0.15, -0.1) is 0 Å². The van der Waals surface area contributed by atoms with E-state index in [4.69, 9.17) is 4.74 Å². The van der Waals surface area contributed by atoms with Gasteiger partial charge in [-0.05, 0) is 49.9 Å². The second-order valence-electron chi connectivity index (χ2n) is 12.5. The van der Waals surface area contributed by atoms with Crippen LogP contribution >= 0.6 is 0 Å². The van der Waals surface area contributed by atoms with E-state index in [0.717, 1.165) is 28.8 Å². The lowest BCUT2D eigenvalue weighted by atomic mass is 10.0. The summed E-state index contributed by atoms with van der Waals surface area (Å²) in [4.78, 5) is 12.5. The largest absolute Gasteiger partial charge is 1.00 e. The number of benzene rings is 2. The highest BCUT2D eigenvalue weighted by Crippen LogP contribution is 2.17. The average Bonchev–Trinajstić information content (AvgIpc) is 2.97. The van der Waals surface area contributed by atoms with Crippen molar-refractivity contribution in [3.8, 4) is 5.75 Å². The number of carbonyl (C=O) groups is 1. The van der Waals surface area contributed by atoms with Crippen LogP contribution in [0.15, 0.2) is 54.6 Å². The fourth-order valence-electron chi connectivity index (χ4n) is 5.49. The number of hydrogen-bond acceptors (Lipinski definition) is 2. The van der Waals surface area contributed by atoms with Crippen molar-refractivity contribution in [3.63, 3.8) is 0 Å². The van der Waals surface area contributed by atoms with Gasteiger partial charge < -0.3 is 26.2 Å². The number of unbranched alkanes of at least 4 members (excludes halogenated alkanes) is 16. The Morgan fingerprint density at radius 1 is 0.561 bits per heavy atom. The van der Waals surface area contributed by atoms with Crippen molar-refractivity contribution < 1.29 is 31.0 Å². The van der Waals surface area contributed by atoms with Crippen molar-refractivity contribution in [3.05, 3.63) is 65.7 Å². The summed E-state index contributed by atoms with van der Waals surface area (Å²) in [5.74, 6) is 0.892. The first-order valence-electron chi connectivity index (χ1n) is 16.7. The fraction of sp³-hybridized carbons (Fsp3) is 0.649. The second-order valence-corrected chi connectivity index (χ2v) is 12.5. The van der Waals surface area contributed by atoms with E-state index in [9.17, 15) is 4.79 Å². The number of halogens is 1. The lowest BCUT2D eigenvalue weighted by Crippen LogP contribution is -3.00. The molecule has 0 N–H and O–H groups in total. The van der Waals surface area contributed by atoms with E-state index in [1.165, 1.54) is 122 Å². The summed E-state index contributed by atoms with van der Waals surface area (Å²) < 4.78 is 7.04. The molecule has 0 saturated heterocycles. The molecule has 0 saturated carbocycles. The topological polar surface area (TPSA) is 26.3 Å². The Kier molecular flexibility index (Phi) is 21.8. The Morgan fingerprint density at radius 3 is 1.46 bits per heavy atom. The minimum absolute atomic E-state index is 0. The van der Waals surface area contributed by atoms with Gasteiger partial charge in [0.2, 0.25) is 0 Å². The molecule has 0 aliphatic heterocycles. The molecule has 0 aromatic heterocycles. The zero-order valence-corrected chi connectivity index (χ0v) is 28.3.